The molecule has 0 spiro atoms. The quantitative estimate of drug-likeness (QED) is 0.374. The number of hydrogen-bond acceptors (Lipinski definition) is 8. The zero-order valence-corrected chi connectivity index (χ0v) is 21.4. The minimum atomic E-state index is -1.15. The highest BCUT2D eigenvalue weighted by Crippen LogP contribution is 2.51. The molecule has 2 aliphatic carbocycles. The predicted molar refractivity (Wildman–Crippen MR) is 134 cm³/mol. The van der Waals surface area contributed by atoms with Crippen molar-refractivity contribution in [3.8, 4) is 11.5 Å². The molecule has 1 aromatic rings. The van der Waals surface area contributed by atoms with Crippen molar-refractivity contribution in [1.82, 2.24) is 10.2 Å². The third kappa shape index (κ3) is 5.51. The Bertz CT molecular complexity index is 1040. The second kappa shape index (κ2) is 12.1. The zero-order chi connectivity index (χ0) is 26.5. The summed E-state index contributed by atoms with van der Waals surface area (Å²) in [5, 5.41) is 23.5. The smallest absolute Gasteiger partial charge is 0.247 e. The number of carbonyl (C=O) groups is 3. The van der Waals surface area contributed by atoms with Crippen LogP contribution in [0.4, 0.5) is 0 Å². The van der Waals surface area contributed by atoms with E-state index in [-0.39, 0.29) is 32.2 Å². The molecule has 1 saturated carbocycles. The van der Waals surface area contributed by atoms with Crippen LogP contribution in [-0.2, 0) is 14.3 Å². The van der Waals surface area contributed by atoms with Gasteiger partial charge < -0.3 is 34.6 Å². The van der Waals surface area contributed by atoms with Gasteiger partial charge in [0.05, 0.1) is 32.3 Å². The number of nitrogens with one attached hydrogen (secondary N) is 1. The topological polar surface area (TPSA) is 135 Å². The maximum Gasteiger partial charge on any atom is 0.247 e. The molecule has 0 saturated heterocycles. The van der Waals surface area contributed by atoms with Gasteiger partial charge in [-0.3, -0.25) is 14.4 Å². The normalized spacial score (nSPS) is 24.5. The van der Waals surface area contributed by atoms with E-state index in [2.05, 4.69) is 5.32 Å². The Labute approximate surface area is 216 Å². The highest BCUT2D eigenvalue weighted by Gasteiger charge is 2.51. The first-order valence-corrected chi connectivity index (χ1v) is 12.8. The standard InChI is InChI=1S/C27H36N2O8/c1-35-10-8-29(22(32)13-16-5-3-4-6-16)20-14-19(27(34)28-7-9-30)23-18-11-17(15-31)12-21(36-2)25(18)37-26(23)24(20)33/h11-12,14-16,20,23-24,26,30,33H,3-10,13H2,1-2H3,(H,28,34)/t20-,23+,24+,26+/m1/s1. The number of benzene rings is 1. The van der Waals surface area contributed by atoms with E-state index in [4.69, 9.17) is 14.2 Å². The SMILES string of the molecule is COCCN(C(=O)CC1CCCC1)[C@@H]1C=C(C(=O)NCCO)[C@@H]2c3cc(C=O)cc(OC)c3O[C@@H]2[C@H]1O. The van der Waals surface area contributed by atoms with E-state index in [0.717, 1.165) is 25.7 Å². The molecule has 3 aliphatic rings. The van der Waals surface area contributed by atoms with Crippen molar-refractivity contribution >= 4 is 18.1 Å². The number of aldehydes is 1. The van der Waals surface area contributed by atoms with E-state index in [9.17, 15) is 24.6 Å². The first kappa shape index (κ1) is 27.1. The lowest BCUT2D eigenvalue weighted by molar-refractivity contribution is -0.139. The average Bonchev–Trinajstić information content (AvgIpc) is 3.56. The van der Waals surface area contributed by atoms with E-state index >= 15 is 0 Å². The van der Waals surface area contributed by atoms with Gasteiger partial charge in [-0.15, -0.1) is 0 Å². The first-order valence-electron chi connectivity index (χ1n) is 12.8. The minimum Gasteiger partial charge on any atom is -0.493 e. The van der Waals surface area contributed by atoms with Crippen LogP contribution in [0.2, 0.25) is 0 Å². The fourth-order valence-electron chi connectivity index (χ4n) is 5.77. The van der Waals surface area contributed by atoms with Crippen LogP contribution in [0.5, 0.6) is 11.5 Å². The van der Waals surface area contributed by atoms with E-state index in [1.54, 1.807) is 24.2 Å². The number of carbonyl (C=O) groups excluding carboxylic acids is 3. The predicted octanol–water partition coefficient (Wildman–Crippen LogP) is 1.19. The Kier molecular flexibility index (Phi) is 8.83. The summed E-state index contributed by atoms with van der Waals surface area (Å²) in [5.41, 5.74) is 1.20. The largest absolute Gasteiger partial charge is 0.493 e. The fraction of sp³-hybridized carbons (Fsp3) is 0.593. The number of aliphatic hydroxyl groups excluding tert-OH is 2. The molecule has 0 bridgehead atoms. The number of ether oxygens (including phenoxy) is 3. The van der Waals surface area contributed by atoms with E-state index < -0.39 is 30.1 Å². The Hall–Kier alpha value is -2.95. The Morgan fingerprint density at radius 3 is 2.65 bits per heavy atom. The van der Waals surface area contributed by atoms with Crippen molar-refractivity contribution < 1.29 is 38.8 Å². The molecule has 202 valence electrons. The molecule has 4 rings (SSSR count). The van der Waals surface area contributed by atoms with Gasteiger partial charge in [0.2, 0.25) is 11.8 Å². The molecular formula is C27H36N2O8. The summed E-state index contributed by atoms with van der Waals surface area (Å²) >= 11 is 0. The highest BCUT2D eigenvalue weighted by molar-refractivity contribution is 5.96. The first-order chi connectivity index (χ1) is 17.9. The lowest BCUT2D eigenvalue weighted by Gasteiger charge is -2.41. The van der Waals surface area contributed by atoms with Crippen molar-refractivity contribution in [2.75, 3.05) is 40.5 Å². The molecule has 3 N–H and O–H groups in total. The second-order valence-corrected chi connectivity index (χ2v) is 9.84. The molecule has 0 unspecified atom stereocenters. The Balaban J connectivity index is 1.75. The van der Waals surface area contributed by atoms with Crippen LogP contribution in [0.3, 0.4) is 0 Å². The van der Waals surface area contributed by atoms with Crippen molar-refractivity contribution in [1.29, 1.82) is 0 Å². The molecule has 1 aliphatic heterocycles. The highest BCUT2D eigenvalue weighted by atomic mass is 16.5. The maximum atomic E-state index is 13.5. The van der Waals surface area contributed by atoms with Crippen LogP contribution >= 0.6 is 0 Å². The third-order valence-electron chi connectivity index (χ3n) is 7.57. The molecule has 1 fully saturated rings. The molecule has 10 nitrogen and oxygen atoms in total. The van der Waals surface area contributed by atoms with Gasteiger partial charge in [-0.05, 0) is 37.0 Å². The number of fused-ring (bicyclic) bond motifs is 3. The van der Waals surface area contributed by atoms with Crippen LogP contribution in [0.1, 0.15) is 53.9 Å². The van der Waals surface area contributed by atoms with Crippen molar-refractivity contribution in [3.05, 3.63) is 34.9 Å². The van der Waals surface area contributed by atoms with Crippen LogP contribution in [0.25, 0.3) is 0 Å². The molecule has 2 amide bonds. The average molecular weight is 517 g/mol. The van der Waals surface area contributed by atoms with Gasteiger partial charge in [0.1, 0.15) is 18.5 Å². The molecule has 0 aromatic heterocycles. The number of aliphatic hydroxyl groups is 2. The molecular weight excluding hydrogens is 480 g/mol. The summed E-state index contributed by atoms with van der Waals surface area (Å²) in [7, 11) is 3.00. The number of rotatable bonds is 11. The number of methoxy groups -OCH3 is 2. The van der Waals surface area contributed by atoms with Gasteiger partial charge in [-0.1, -0.05) is 12.8 Å². The van der Waals surface area contributed by atoms with Gasteiger partial charge in [0.15, 0.2) is 11.5 Å². The van der Waals surface area contributed by atoms with E-state index in [1.807, 2.05) is 0 Å². The summed E-state index contributed by atoms with van der Waals surface area (Å²) in [6.07, 6.45) is 4.86. The summed E-state index contributed by atoms with van der Waals surface area (Å²) in [5.74, 6) is -0.258. The van der Waals surface area contributed by atoms with Gasteiger partial charge in [-0.2, -0.15) is 0 Å². The minimum absolute atomic E-state index is 0.0419. The second-order valence-electron chi connectivity index (χ2n) is 9.84. The third-order valence-corrected chi connectivity index (χ3v) is 7.57. The summed E-state index contributed by atoms with van der Waals surface area (Å²) in [6, 6.07) is 2.34. The van der Waals surface area contributed by atoms with Crippen LogP contribution in [0.15, 0.2) is 23.8 Å². The maximum absolute atomic E-state index is 13.5. The molecule has 0 radical (unpaired) electrons. The zero-order valence-electron chi connectivity index (χ0n) is 21.4. The number of nitrogens with zero attached hydrogens (tertiary/aromatic N) is 1. The summed E-state index contributed by atoms with van der Waals surface area (Å²) in [6.45, 7) is 0.315. The van der Waals surface area contributed by atoms with Gasteiger partial charge in [-0.25, -0.2) is 0 Å². The fourth-order valence-corrected chi connectivity index (χ4v) is 5.77. The Morgan fingerprint density at radius 2 is 2.00 bits per heavy atom. The number of amides is 2. The van der Waals surface area contributed by atoms with Crippen LogP contribution in [0, 0.1) is 5.92 Å². The lowest BCUT2D eigenvalue weighted by Crippen LogP contribution is -2.56. The molecule has 1 aromatic carbocycles. The monoisotopic (exact) mass is 516 g/mol. The number of hydrogen-bond donors (Lipinski definition) is 3. The molecule has 4 atom stereocenters. The van der Waals surface area contributed by atoms with Crippen LogP contribution in [-0.4, -0.2) is 92.0 Å². The summed E-state index contributed by atoms with van der Waals surface area (Å²) < 4.78 is 16.9. The lowest BCUT2D eigenvalue weighted by atomic mass is 9.77. The van der Waals surface area contributed by atoms with Crippen molar-refractivity contribution in [2.45, 2.75) is 56.3 Å². The molecule has 37 heavy (non-hydrogen) atoms. The van der Waals surface area contributed by atoms with E-state index in [0.29, 0.717) is 46.8 Å². The summed E-state index contributed by atoms with van der Waals surface area (Å²) in [4.78, 5) is 40.0. The van der Waals surface area contributed by atoms with E-state index in [1.165, 1.54) is 13.2 Å². The van der Waals surface area contributed by atoms with Gasteiger partial charge in [0, 0.05) is 43.3 Å². The van der Waals surface area contributed by atoms with Crippen molar-refractivity contribution in [3.63, 3.8) is 0 Å². The molecule has 1 heterocycles. The Morgan fingerprint density at radius 1 is 1.24 bits per heavy atom. The molecule has 10 heteroatoms. The van der Waals surface area contributed by atoms with Gasteiger partial charge >= 0.3 is 0 Å². The van der Waals surface area contributed by atoms with Gasteiger partial charge in [0.25, 0.3) is 0 Å². The van der Waals surface area contributed by atoms with Crippen LogP contribution < -0.4 is 14.8 Å². The van der Waals surface area contributed by atoms with Crippen molar-refractivity contribution in [2.24, 2.45) is 5.92 Å².